The van der Waals surface area contributed by atoms with Gasteiger partial charge in [0.15, 0.2) is 5.13 Å². The molecule has 0 aliphatic rings. The van der Waals surface area contributed by atoms with Crippen molar-refractivity contribution < 1.29 is 14.3 Å². The minimum atomic E-state index is -0.675. The number of amides is 2. The number of para-hydroxylation sites is 1. The molecule has 1 atom stereocenters. The number of nitrogens with one attached hydrogen (secondary N) is 2. The number of hydrogen-bond donors (Lipinski definition) is 2. The summed E-state index contributed by atoms with van der Waals surface area (Å²) in [6, 6.07) is 6.31. The predicted octanol–water partition coefficient (Wildman–Crippen LogP) is 3.24. The zero-order valence-electron chi connectivity index (χ0n) is 14.8. The van der Waals surface area contributed by atoms with Crippen LogP contribution in [0.4, 0.5) is 5.13 Å². The van der Waals surface area contributed by atoms with Crippen molar-refractivity contribution in [2.24, 2.45) is 5.92 Å². The van der Waals surface area contributed by atoms with Crippen LogP contribution in [0.3, 0.4) is 0 Å². The summed E-state index contributed by atoms with van der Waals surface area (Å²) in [4.78, 5) is 30.3. The Morgan fingerprint density at radius 3 is 2.60 bits per heavy atom. The number of carbonyl (C=O) groups excluding carboxylic acids is 2. The molecule has 0 radical (unpaired) electrons. The second kappa shape index (κ2) is 8.62. The summed E-state index contributed by atoms with van der Waals surface area (Å²) in [6.07, 6.45) is 1.70. The molecule has 1 unspecified atom stereocenters. The fourth-order valence-electron chi connectivity index (χ4n) is 2.29. The molecule has 1 aromatic heterocycles. The molecule has 2 aromatic rings. The van der Waals surface area contributed by atoms with E-state index in [0.717, 1.165) is 4.88 Å². The fourth-order valence-corrected chi connectivity index (χ4v) is 2.95. The first kappa shape index (κ1) is 18.9. The third-order valence-electron chi connectivity index (χ3n) is 3.52. The van der Waals surface area contributed by atoms with Crippen LogP contribution in [0.25, 0.3) is 0 Å². The van der Waals surface area contributed by atoms with Crippen molar-refractivity contribution in [3.63, 3.8) is 0 Å². The van der Waals surface area contributed by atoms with Gasteiger partial charge in [0.1, 0.15) is 11.8 Å². The Balaban J connectivity index is 2.13. The summed E-state index contributed by atoms with van der Waals surface area (Å²) < 4.78 is 5.49. The van der Waals surface area contributed by atoms with E-state index < -0.39 is 6.04 Å². The first-order chi connectivity index (χ1) is 11.9. The fraction of sp³-hybridized carbons (Fsp3) is 0.389. The van der Waals surface area contributed by atoms with E-state index in [1.165, 1.54) is 11.3 Å². The third kappa shape index (κ3) is 5.03. The van der Waals surface area contributed by atoms with Crippen molar-refractivity contribution in [1.82, 2.24) is 10.3 Å². The Kier molecular flexibility index (Phi) is 6.52. The lowest BCUT2D eigenvalue weighted by Gasteiger charge is -2.21. The van der Waals surface area contributed by atoms with Crippen molar-refractivity contribution in [3.8, 4) is 5.75 Å². The number of thiazole rings is 1. The van der Waals surface area contributed by atoms with Gasteiger partial charge in [0.25, 0.3) is 5.91 Å². The average Bonchev–Trinajstić information content (AvgIpc) is 2.97. The van der Waals surface area contributed by atoms with Crippen molar-refractivity contribution in [2.75, 3.05) is 11.9 Å². The second-order valence-electron chi connectivity index (χ2n) is 5.89. The van der Waals surface area contributed by atoms with E-state index >= 15 is 0 Å². The summed E-state index contributed by atoms with van der Waals surface area (Å²) in [5.74, 6) is -0.204. The summed E-state index contributed by atoms with van der Waals surface area (Å²) in [7, 11) is 0. The van der Waals surface area contributed by atoms with Crippen LogP contribution in [0.15, 0.2) is 30.5 Å². The molecule has 1 heterocycles. The highest BCUT2D eigenvalue weighted by molar-refractivity contribution is 7.15. The van der Waals surface area contributed by atoms with Gasteiger partial charge in [0, 0.05) is 11.1 Å². The lowest BCUT2D eigenvalue weighted by Crippen LogP contribution is -2.47. The monoisotopic (exact) mass is 361 g/mol. The number of rotatable bonds is 7. The SMILES string of the molecule is CCOc1ccccc1C(=O)NC(C(=O)Nc1ncc(C)s1)C(C)C. The van der Waals surface area contributed by atoms with E-state index in [1.54, 1.807) is 30.5 Å². The van der Waals surface area contributed by atoms with Gasteiger partial charge >= 0.3 is 0 Å². The van der Waals surface area contributed by atoms with E-state index in [1.807, 2.05) is 27.7 Å². The molecule has 1 aromatic carbocycles. The molecule has 2 rings (SSSR count). The van der Waals surface area contributed by atoms with Gasteiger partial charge in [0.05, 0.1) is 12.2 Å². The van der Waals surface area contributed by atoms with Crippen LogP contribution in [-0.4, -0.2) is 29.4 Å². The van der Waals surface area contributed by atoms with Crippen LogP contribution < -0.4 is 15.4 Å². The Bertz CT molecular complexity index is 743. The summed E-state index contributed by atoms with van der Waals surface area (Å²) in [5.41, 5.74) is 0.410. The molecule has 7 heteroatoms. The molecule has 0 aliphatic carbocycles. The molecule has 0 aliphatic heterocycles. The number of aromatic nitrogens is 1. The van der Waals surface area contributed by atoms with Crippen LogP contribution in [0.5, 0.6) is 5.75 Å². The maximum Gasteiger partial charge on any atom is 0.255 e. The molecular weight excluding hydrogens is 338 g/mol. The smallest absolute Gasteiger partial charge is 0.255 e. The van der Waals surface area contributed by atoms with Crippen LogP contribution in [0.2, 0.25) is 0 Å². The van der Waals surface area contributed by atoms with Crippen LogP contribution >= 0.6 is 11.3 Å². The molecule has 0 spiro atoms. The highest BCUT2D eigenvalue weighted by Gasteiger charge is 2.26. The first-order valence-corrected chi connectivity index (χ1v) is 9.00. The summed E-state index contributed by atoms with van der Waals surface area (Å²) >= 11 is 1.39. The number of aryl methyl sites for hydroxylation is 1. The number of nitrogens with zero attached hydrogens (tertiary/aromatic N) is 1. The molecule has 0 bridgehead atoms. The molecule has 0 fully saturated rings. The maximum absolute atomic E-state index is 12.6. The van der Waals surface area contributed by atoms with Gasteiger partial charge < -0.3 is 15.4 Å². The lowest BCUT2D eigenvalue weighted by molar-refractivity contribution is -0.118. The van der Waals surface area contributed by atoms with Gasteiger partial charge in [-0.25, -0.2) is 4.98 Å². The topological polar surface area (TPSA) is 80.3 Å². The number of hydrogen-bond acceptors (Lipinski definition) is 5. The van der Waals surface area contributed by atoms with Crippen molar-refractivity contribution >= 4 is 28.3 Å². The van der Waals surface area contributed by atoms with E-state index in [0.29, 0.717) is 23.1 Å². The molecule has 6 nitrogen and oxygen atoms in total. The first-order valence-electron chi connectivity index (χ1n) is 8.18. The van der Waals surface area contributed by atoms with Gasteiger partial charge in [-0.15, -0.1) is 11.3 Å². The molecule has 2 N–H and O–H groups in total. The van der Waals surface area contributed by atoms with Gasteiger partial charge in [-0.05, 0) is 31.9 Å². The molecule has 25 heavy (non-hydrogen) atoms. The number of carbonyl (C=O) groups is 2. The normalized spacial score (nSPS) is 11.9. The zero-order chi connectivity index (χ0) is 18.4. The summed E-state index contributed by atoms with van der Waals surface area (Å²) in [5, 5.41) is 6.09. The number of benzene rings is 1. The van der Waals surface area contributed by atoms with Crippen molar-refractivity contribution in [2.45, 2.75) is 33.7 Å². The van der Waals surface area contributed by atoms with Gasteiger partial charge in [-0.2, -0.15) is 0 Å². The lowest BCUT2D eigenvalue weighted by atomic mass is 10.0. The molecule has 0 saturated carbocycles. The van der Waals surface area contributed by atoms with Crippen LogP contribution in [0.1, 0.15) is 36.0 Å². The van der Waals surface area contributed by atoms with E-state index in [2.05, 4.69) is 15.6 Å². The van der Waals surface area contributed by atoms with E-state index in [-0.39, 0.29) is 17.7 Å². The van der Waals surface area contributed by atoms with E-state index in [9.17, 15) is 9.59 Å². The summed E-state index contributed by atoms with van der Waals surface area (Å²) in [6.45, 7) is 7.99. The highest BCUT2D eigenvalue weighted by atomic mass is 32.1. The largest absolute Gasteiger partial charge is 0.493 e. The quantitative estimate of drug-likeness (QED) is 0.793. The Morgan fingerprint density at radius 1 is 1.28 bits per heavy atom. The zero-order valence-corrected chi connectivity index (χ0v) is 15.6. The maximum atomic E-state index is 12.6. The Hall–Kier alpha value is -2.41. The van der Waals surface area contributed by atoms with Gasteiger partial charge in [-0.1, -0.05) is 26.0 Å². The van der Waals surface area contributed by atoms with Gasteiger partial charge in [0.2, 0.25) is 5.91 Å². The van der Waals surface area contributed by atoms with Gasteiger partial charge in [-0.3, -0.25) is 9.59 Å². The molecule has 134 valence electrons. The third-order valence-corrected chi connectivity index (χ3v) is 4.35. The molecular formula is C18H23N3O3S. The van der Waals surface area contributed by atoms with Crippen molar-refractivity contribution in [1.29, 1.82) is 0 Å². The van der Waals surface area contributed by atoms with Crippen LogP contribution in [0, 0.1) is 12.8 Å². The highest BCUT2D eigenvalue weighted by Crippen LogP contribution is 2.20. The minimum absolute atomic E-state index is 0.0794. The molecule has 2 amide bonds. The van der Waals surface area contributed by atoms with Crippen molar-refractivity contribution in [3.05, 3.63) is 40.9 Å². The molecule has 0 saturated heterocycles. The Labute approximate surface area is 151 Å². The number of ether oxygens (including phenoxy) is 1. The Morgan fingerprint density at radius 2 is 2.00 bits per heavy atom. The number of anilines is 1. The van der Waals surface area contributed by atoms with E-state index in [4.69, 9.17) is 4.74 Å². The predicted molar refractivity (Wildman–Crippen MR) is 99.2 cm³/mol. The minimum Gasteiger partial charge on any atom is -0.493 e. The average molecular weight is 361 g/mol. The standard InChI is InChI=1S/C18H23N3O3S/c1-5-24-14-9-7-6-8-13(14)16(22)20-15(11(2)3)17(23)21-18-19-10-12(4)25-18/h6-11,15H,5H2,1-4H3,(H,20,22)(H,19,21,23). The second-order valence-corrected chi connectivity index (χ2v) is 7.12. The van der Waals surface area contributed by atoms with Crippen LogP contribution in [-0.2, 0) is 4.79 Å².